The molecule has 0 bridgehead atoms. The molecule has 4 nitrogen and oxygen atoms in total. The quantitative estimate of drug-likeness (QED) is 0.854. The maximum atomic E-state index is 11.8. The molecule has 1 amide bonds. The largest absolute Gasteiger partial charge is 0.484 e. The van der Waals surface area contributed by atoms with E-state index in [1.165, 1.54) is 0 Å². The minimum atomic E-state index is -0.106. The molecule has 122 valence electrons. The van der Waals surface area contributed by atoms with E-state index in [9.17, 15) is 4.79 Å². The first kappa shape index (κ1) is 16.9. The topological polar surface area (TPSA) is 41.6 Å². The summed E-state index contributed by atoms with van der Waals surface area (Å²) < 4.78 is 5.55. The Morgan fingerprint density at radius 1 is 1.09 bits per heavy atom. The van der Waals surface area contributed by atoms with Crippen molar-refractivity contribution >= 4 is 11.6 Å². The number of hydrogen-bond acceptors (Lipinski definition) is 3. The van der Waals surface area contributed by atoms with Crippen molar-refractivity contribution in [3.8, 4) is 5.75 Å². The number of rotatable bonds is 7. The second-order valence-corrected chi connectivity index (χ2v) is 5.72. The first-order valence-corrected chi connectivity index (χ1v) is 7.78. The highest BCUT2D eigenvalue weighted by Crippen LogP contribution is 2.15. The second kappa shape index (κ2) is 8.22. The molecule has 0 atom stereocenters. The number of hydrogen-bond donors (Lipinski definition) is 1. The molecule has 4 heteroatoms. The molecule has 0 unspecified atom stereocenters. The van der Waals surface area contributed by atoms with Crippen molar-refractivity contribution in [2.45, 2.75) is 13.8 Å². The van der Waals surface area contributed by atoms with Gasteiger partial charge in [0.2, 0.25) is 0 Å². The Morgan fingerprint density at radius 3 is 2.39 bits per heavy atom. The molecule has 0 aliphatic rings. The summed E-state index contributed by atoms with van der Waals surface area (Å²) in [5.74, 6) is 0.629. The Kier molecular flexibility index (Phi) is 6.03. The summed E-state index contributed by atoms with van der Waals surface area (Å²) in [6, 6.07) is 16.0. The fourth-order valence-corrected chi connectivity index (χ4v) is 2.39. The number of amides is 1. The van der Waals surface area contributed by atoms with Gasteiger partial charge in [0.15, 0.2) is 6.61 Å². The Hall–Kier alpha value is -2.49. The Labute approximate surface area is 138 Å². The normalized spacial score (nSPS) is 10.2. The summed E-state index contributed by atoms with van der Waals surface area (Å²) in [5, 5.41) is 2.88. The Bertz CT molecular complexity index is 621. The molecule has 2 rings (SSSR count). The predicted molar refractivity (Wildman–Crippen MR) is 94.1 cm³/mol. The number of ether oxygens (including phenoxy) is 1. The molecule has 0 aliphatic heterocycles. The monoisotopic (exact) mass is 312 g/mol. The number of nitrogens with zero attached hydrogens (tertiary/aromatic N) is 1. The summed E-state index contributed by atoms with van der Waals surface area (Å²) in [5.41, 5.74) is 3.39. The third-order valence-corrected chi connectivity index (χ3v) is 3.53. The van der Waals surface area contributed by atoms with Crippen molar-refractivity contribution in [2.75, 3.05) is 31.6 Å². The van der Waals surface area contributed by atoms with Gasteiger partial charge in [0.05, 0.1) is 0 Å². The molecule has 2 aromatic carbocycles. The number of likely N-dealkylation sites (N-methyl/N-ethyl adjacent to an activating group) is 1. The van der Waals surface area contributed by atoms with E-state index in [2.05, 4.69) is 16.3 Å². The van der Waals surface area contributed by atoms with Crippen LogP contribution < -0.4 is 15.0 Å². The van der Waals surface area contributed by atoms with Crippen LogP contribution in [-0.4, -0.2) is 32.7 Å². The van der Waals surface area contributed by atoms with Gasteiger partial charge in [-0.2, -0.15) is 0 Å². The van der Waals surface area contributed by atoms with Crippen molar-refractivity contribution in [2.24, 2.45) is 0 Å². The zero-order chi connectivity index (χ0) is 16.7. The van der Waals surface area contributed by atoms with Gasteiger partial charge in [-0.15, -0.1) is 0 Å². The number of aryl methyl sites for hydroxylation is 2. The van der Waals surface area contributed by atoms with Crippen molar-refractivity contribution < 1.29 is 9.53 Å². The van der Waals surface area contributed by atoms with Gasteiger partial charge in [0.25, 0.3) is 5.91 Å². The van der Waals surface area contributed by atoms with Gasteiger partial charge in [0.1, 0.15) is 5.75 Å². The van der Waals surface area contributed by atoms with Crippen LogP contribution in [0.2, 0.25) is 0 Å². The zero-order valence-corrected chi connectivity index (χ0v) is 14.0. The average molecular weight is 312 g/mol. The molecule has 2 aromatic rings. The number of benzene rings is 2. The molecule has 0 radical (unpaired) electrons. The lowest BCUT2D eigenvalue weighted by Gasteiger charge is -2.19. The Morgan fingerprint density at radius 2 is 1.74 bits per heavy atom. The fraction of sp³-hybridized carbons (Fsp3) is 0.316. The molecule has 23 heavy (non-hydrogen) atoms. The third-order valence-electron chi connectivity index (χ3n) is 3.53. The van der Waals surface area contributed by atoms with E-state index in [-0.39, 0.29) is 12.5 Å². The molecule has 0 aliphatic carbocycles. The van der Waals surface area contributed by atoms with Gasteiger partial charge in [-0.25, -0.2) is 0 Å². The lowest BCUT2D eigenvalue weighted by Crippen LogP contribution is -2.35. The second-order valence-electron chi connectivity index (χ2n) is 5.72. The number of nitrogens with one attached hydrogen (secondary N) is 1. The maximum Gasteiger partial charge on any atom is 0.258 e. The van der Waals surface area contributed by atoms with Crippen molar-refractivity contribution in [1.82, 2.24) is 5.32 Å². The highest BCUT2D eigenvalue weighted by atomic mass is 16.5. The molecule has 0 saturated heterocycles. The predicted octanol–water partition coefficient (Wildman–Crippen LogP) is 2.93. The highest BCUT2D eigenvalue weighted by molar-refractivity contribution is 5.77. The lowest BCUT2D eigenvalue weighted by molar-refractivity contribution is -0.123. The molecule has 0 saturated carbocycles. The van der Waals surface area contributed by atoms with E-state index in [0.29, 0.717) is 6.54 Å². The SMILES string of the molecule is Cc1cc(C)cc(OCC(=O)NCCN(C)c2ccccc2)c1. The van der Waals surface area contributed by atoms with E-state index >= 15 is 0 Å². The molecular formula is C19H24N2O2. The number of carbonyl (C=O) groups is 1. The summed E-state index contributed by atoms with van der Waals surface area (Å²) >= 11 is 0. The van der Waals surface area contributed by atoms with Crippen LogP contribution in [0.5, 0.6) is 5.75 Å². The van der Waals surface area contributed by atoms with Crippen LogP contribution in [0.3, 0.4) is 0 Å². The summed E-state index contributed by atoms with van der Waals surface area (Å²) in [6.45, 7) is 5.40. The minimum absolute atomic E-state index is 0.0396. The minimum Gasteiger partial charge on any atom is -0.484 e. The number of para-hydroxylation sites is 1. The van der Waals surface area contributed by atoms with E-state index < -0.39 is 0 Å². The highest BCUT2D eigenvalue weighted by Gasteiger charge is 2.05. The molecule has 1 N–H and O–H groups in total. The van der Waals surface area contributed by atoms with E-state index in [1.54, 1.807) is 0 Å². The van der Waals surface area contributed by atoms with Gasteiger partial charge >= 0.3 is 0 Å². The maximum absolute atomic E-state index is 11.8. The summed E-state index contributed by atoms with van der Waals surface area (Å²) in [7, 11) is 2.01. The fourth-order valence-electron chi connectivity index (χ4n) is 2.39. The van der Waals surface area contributed by atoms with Crippen LogP contribution in [-0.2, 0) is 4.79 Å². The van der Waals surface area contributed by atoms with Crippen molar-refractivity contribution in [3.63, 3.8) is 0 Å². The standard InChI is InChI=1S/C19H24N2O2/c1-15-11-16(2)13-18(12-15)23-14-19(22)20-9-10-21(3)17-7-5-4-6-8-17/h4-8,11-13H,9-10,14H2,1-3H3,(H,20,22). The lowest BCUT2D eigenvalue weighted by atomic mass is 10.1. The van der Waals surface area contributed by atoms with Crippen LogP contribution in [0.25, 0.3) is 0 Å². The van der Waals surface area contributed by atoms with Gasteiger partial charge in [-0.3, -0.25) is 4.79 Å². The van der Waals surface area contributed by atoms with Crippen LogP contribution >= 0.6 is 0 Å². The van der Waals surface area contributed by atoms with E-state index in [0.717, 1.165) is 29.1 Å². The zero-order valence-electron chi connectivity index (χ0n) is 14.0. The van der Waals surface area contributed by atoms with Crippen molar-refractivity contribution in [1.29, 1.82) is 0 Å². The summed E-state index contributed by atoms with van der Waals surface area (Å²) in [6.07, 6.45) is 0. The molecule has 0 spiro atoms. The van der Waals surface area contributed by atoms with Crippen LogP contribution in [0.4, 0.5) is 5.69 Å². The number of carbonyl (C=O) groups excluding carboxylic acids is 1. The molecule has 0 aromatic heterocycles. The van der Waals surface area contributed by atoms with Crippen molar-refractivity contribution in [3.05, 3.63) is 59.7 Å². The van der Waals surface area contributed by atoms with Gasteiger partial charge < -0.3 is 15.0 Å². The Balaban J connectivity index is 1.71. The molecular weight excluding hydrogens is 288 g/mol. The molecule has 0 heterocycles. The molecule has 0 fully saturated rings. The summed E-state index contributed by atoms with van der Waals surface area (Å²) in [4.78, 5) is 14.0. The smallest absolute Gasteiger partial charge is 0.258 e. The van der Waals surface area contributed by atoms with Crippen LogP contribution in [0.15, 0.2) is 48.5 Å². The average Bonchev–Trinajstić information content (AvgIpc) is 2.53. The first-order valence-electron chi connectivity index (χ1n) is 7.78. The first-order chi connectivity index (χ1) is 11.0. The van der Waals surface area contributed by atoms with Crippen LogP contribution in [0.1, 0.15) is 11.1 Å². The van der Waals surface area contributed by atoms with Gasteiger partial charge in [0, 0.05) is 25.8 Å². The van der Waals surface area contributed by atoms with Crippen LogP contribution in [0, 0.1) is 13.8 Å². The van der Waals surface area contributed by atoms with E-state index in [1.807, 2.05) is 63.4 Å². The third kappa shape index (κ3) is 5.66. The number of anilines is 1. The van der Waals surface area contributed by atoms with Gasteiger partial charge in [-0.1, -0.05) is 24.3 Å². The van der Waals surface area contributed by atoms with E-state index in [4.69, 9.17) is 4.74 Å². The van der Waals surface area contributed by atoms with Gasteiger partial charge in [-0.05, 0) is 49.2 Å².